The summed E-state index contributed by atoms with van der Waals surface area (Å²) < 4.78 is 0. The van der Waals surface area contributed by atoms with Crippen LogP contribution in [0.15, 0.2) is 12.3 Å². The van der Waals surface area contributed by atoms with Crippen molar-refractivity contribution in [2.45, 2.75) is 25.8 Å². The molecule has 0 unspecified atom stereocenters. The second kappa shape index (κ2) is 6.21. The fourth-order valence-electron chi connectivity index (χ4n) is 2.47. The highest BCUT2D eigenvalue weighted by molar-refractivity contribution is 6.33. The third-order valence-electron chi connectivity index (χ3n) is 3.46. The van der Waals surface area contributed by atoms with Crippen molar-refractivity contribution < 1.29 is 9.90 Å². The molecule has 1 fully saturated rings. The molecule has 2 rings (SSSR count). The molecule has 104 valence electrons. The van der Waals surface area contributed by atoms with Crippen molar-refractivity contribution >= 4 is 23.4 Å². The smallest absolute Gasteiger partial charge is 0.337 e. The molecule has 2 heterocycles. The third-order valence-corrected chi connectivity index (χ3v) is 3.76. The second-order valence-electron chi connectivity index (χ2n) is 4.59. The zero-order valence-electron chi connectivity index (χ0n) is 10.9. The molecular formula is C13H18ClN3O2. The average Bonchev–Trinajstić information content (AvgIpc) is 2.42. The molecule has 0 amide bonds. The van der Waals surface area contributed by atoms with Gasteiger partial charge in [-0.1, -0.05) is 11.6 Å². The molecule has 0 spiro atoms. The normalized spacial score (nSPS) is 16.3. The molecule has 5 nitrogen and oxygen atoms in total. The number of hydrogen-bond acceptors (Lipinski definition) is 4. The number of aromatic nitrogens is 1. The van der Waals surface area contributed by atoms with Crippen molar-refractivity contribution in [2.24, 2.45) is 0 Å². The Morgan fingerprint density at radius 3 is 2.84 bits per heavy atom. The average molecular weight is 284 g/mol. The van der Waals surface area contributed by atoms with Crippen LogP contribution in [0.5, 0.6) is 0 Å². The lowest BCUT2D eigenvalue weighted by Gasteiger charge is -2.34. The van der Waals surface area contributed by atoms with Crippen molar-refractivity contribution in [3.63, 3.8) is 0 Å². The monoisotopic (exact) mass is 283 g/mol. The Balaban J connectivity index is 2.27. The lowest BCUT2D eigenvalue weighted by Crippen LogP contribution is -2.43. The van der Waals surface area contributed by atoms with Crippen molar-refractivity contribution in [3.8, 4) is 0 Å². The number of nitrogens with one attached hydrogen (secondary N) is 1. The standard InChI is InChI=1S/C13H18ClN3O2/c1-2-17(9-3-5-15-6-4-9)12-7-10(13(18)19)11(14)8-16-12/h7-9,15H,2-6H2,1H3,(H,18,19). The number of hydrogen-bond donors (Lipinski definition) is 2. The molecule has 0 aromatic carbocycles. The number of anilines is 1. The minimum Gasteiger partial charge on any atom is -0.478 e. The number of halogens is 1. The zero-order chi connectivity index (χ0) is 13.8. The van der Waals surface area contributed by atoms with E-state index in [1.165, 1.54) is 6.20 Å². The summed E-state index contributed by atoms with van der Waals surface area (Å²) in [5.74, 6) is -0.328. The van der Waals surface area contributed by atoms with Gasteiger partial charge in [-0.05, 0) is 38.9 Å². The second-order valence-corrected chi connectivity index (χ2v) is 5.00. The van der Waals surface area contributed by atoms with Crippen LogP contribution in [0.4, 0.5) is 5.82 Å². The van der Waals surface area contributed by atoms with Crippen LogP contribution in [0.3, 0.4) is 0 Å². The quantitative estimate of drug-likeness (QED) is 0.885. The minimum absolute atomic E-state index is 0.110. The molecule has 1 aromatic heterocycles. The molecule has 19 heavy (non-hydrogen) atoms. The minimum atomic E-state index is -1.02. The number of piperidine rings is 1. The van der Waals surface area contributed by atoms with Gasteiger partial charge in [0, 0.05) is 18.8 Å². The van der Waals surface area contributed by atoms with Gasteiger partial charge in [-0.3, -0.25) is 0 Å². The summed E-state index contributed by atoms with van der Waals surface area (Å²) in [5.41, 5.74) is 0.110. The number of rotatable bonds is 4. The van der Waals surface area contributed by atoms with Gasteiger partial charge in [0.2, 0.25) is 0 Å². The topological polar surface area (TPSA) is 65.5 Å². The molecule has 0 atom stereocenters. The highest BCUT2D eigenvalue weighted by Gasteiger charge is 2.22. The summed E-state index contributed by atoms with van der Waals surface area (Å²) in [7, 11) is 0. The highest BCUT2D eigenvalue weighted by Crippen LogP contribution is 2.24. The molecule has 1 aromatic rings. The fraction of sp³-hybridized carbons (Fsp3) is 0.538. The number of aromatic carboxylic acids is 1. The van der Waals surface area contributed by atoms with E-state index in [0.717, 1.165) is 32.5 Å². The molecule has 1 aliphatic heterocycles. The maximum Gasteiger partial charge on any atom is 0.337 e. The van der Waals surface area contributed by atoms with E-state index in [4.69, 9.17) is 16.7 Å². The van der Waals surface area contributed by atoms with Crippen LogP contribution in [0, 0.1) is 0 Å². The molecular weight excluding hydrogens is 266 g/mol. The summed E-state index contributed by atoms with van der Waals surface area (Å²) in [6, 6.07) is 1.97. The van der Waals surface area contributed by atoms with E-state index in [9.17, 15) is 4.79 Å². The van der Waals surface area contributed by atoms with Crippen molar-refractivity contribution in [2.75, 3.05) is 24.5 Å². The van der Waals surface area contributed by atoms with Crippen molar-refractivity contribution in [1.29, 1.82) is 0 Å². The van der Waals surface area contributed by atoms with Crippen LogP contribution >= 0.6 is 11.6 Å². The number of carboxylic acids is 1. The first kappa shape index (κ1) is 14.1. The first-order valence-electron chi connectivity index (χ1n) is 6.49. The Bertz CT molecular complexity index is 461. The van der Waals surface area contributed by atoms with Crippen LogP contribution < -0.4 is 10.2 Å². The number of nitrogens with zero attached hydrogens (tertiary/aromatic N) is 2. The van der Waals surface area contributed by atoms with E-state index in [2.05, 4.69) is 22.1 Å². The lowest BCUT2D eigenvalue weighted by molar-refractivity contribution is 0.0697. The predicted octanol–water partition coefficient (Wildman–Crippen LogP) is 2.01. The van der Waals surface area contributed by atoms with Crippen LogP contribution in [0.25, 0.3) is 0 Å². The van der Waals surface area contributed by atoms with Gasteiger partial charge in [-0.15, -0.1) is 0 Å². The summed E-state index contributed by atoms with van der Waals surface area (Å²) in [6.45, 7) is 4.83. The van der Waals surface area contributed by atoms with Crippen molar-refractivity contribution in [1.82, 2.24) is 10.3 Å². The van der Waals surface area contributed by atoms with E-state index in [1.807, 2.05) is 0 Å². The van der Waals surface area contributed by atoms with Gasteiger partial charge in [-0.2, -0.15) is 0 Å². The van der Waals surface area contributed by atoms with Gasteiger partial charge < -0.3 is 15.3 Å². The molecule has 1 saturated heterocycles. The Labute approximate surface area is 117 Å². The maximum absolute atomic E-state index is 11.1. The van der Waals surface area contributed by atoms with Crippen LogP contribution in [0.2, 0.25) is 5.02 Å². The van der Waals surface area contributed by atoms with Gasteiger partial charge in [0.05, 0.1) is 10.6 Å². The van der Waals surface area contributed by atoms with E-state index in [0.29, 0.717) is 11.9 Å². The lowest BCUT2D eigenvalue weighted by atomic mass is 10.0. The Kier molecular flexibility index (Phi) is 4.61. The first-order valence-corrected chi connectivity index (χ1v) is 6.87. The molecule has 1 aliphatic rings. The first-order chi connectivity index (χ1) is 9.13. The van der Waals surface area contributed by atoms with E-state index < -0.39 is 5.97 Å². The molecule has 0 bridgehead atoms. The number of carboxylic acid groups (broad SMARTS) is 1. The SMILES string of the molecule is CCN(c1cc(C(=O)O)c(Cl)cn1)C1CCNCC1. The summed E-state index contributed by atoms with van der Waals surface area (Å²) in [6.07, 6.45) is 3.51. The maximum atomic E-state index is 11.1. The Hall–Kier alpha value is -1.33. The molecule has 6 heteroatoms. The van der Waals surface area contributed by atoms with E-state index in [-0.39, 0.29) is 10.6 Å². The summed E-state index contributed by atoms with van der Waals surface area (Å²) in [5, 5.41) is 12.6. The zero-order valence-corrected chi connectivity index (χ0v) is 11.7. The van der Waals surface area contributed by atoms with Gasteiger partial charge >= 0.3 is 5.97 Å². The van der Waals surface area contributed by atoms with E-state index >= 15 is 0 Å². The third kappa shape index (κ3) is 3.16. The van der Waals surface area contributed by atoms with Gasteiger partial charge in [0.25, 0.3) is 0 Å². The molecule has 0 aliphatic carbocycles. The number of carbonyl (C=O) groups is 1. The van der Waals surface area contributed by atoms with Gasteiger partial charge in [0.1, 0.15) is 5.82 Å². The summed E-state index contributed by atoms with van der Waals surface area (Å²) in [4.78, 5) is 17.6. The van der Waals surface area contributed by atoms with Crippen molar-refractivity contribution in [3.05, 3.63) is 22.8 Å². The predicted molar refractivity (Wildman–Crippen MR) is 75.1 cm³/mol. The van der Waals surface area contributed by atoms with Gasteiger partial charge in [0.15, 0.2) is 0 Å². The molecule has 2 N–H and O–H groups in total. The Morgan fingerprint density at radius 2 is 2.26 bits per heavy atom. The summed E-state index contributed by atoms with van der Waals surface area (Å²) >= 11 is 5.85. The van der Waals surface area contributed by atoms with E-state index in [1.54, 1.807) is 6.07 Å². The van der Waals surface area contributed by atoms with Crippen LogP contribution in [0.1, 0.15) is 30.1 Å². The Morgan fingerprint density at radius 1 is 1.58 bits per heavy atom. The van der Waals surface area contributed by atoms with Gasteiger partial charge in [-0.25, -0.2) is 9.78 Å². The van der Waals surface area contributed by atoms with Crippen LogP contribution in [-0.4, -0.2) is 41.7 Å². The molecule has 0 saturated carbocycles. The highest BCUT2D eigenvalue weighted by atomic mass is 35.5. The number of pyridine rings is 1. The fourth-order valence-corrected chi connectivity index (χ4v) is 2.66. The largest absolute Gasteiger partial charge is 0.478 e. The molecule has 0 radical (unpaired) electrons. The van der Waals surface area contributed by atoms with Crippen LogP contribution in [-0.2, 0) is 0 Å².